The Hall–Kier alpha value is -5.76. The number of carbonyl (C=O) groups excluding carboxylic acids is 2. The first kappa shape index (κ1) is 27.8. The number of rotatable bonds is 4. The largest absolute Gasteiger partial charge is 0.508 e. The normalized spacial score (nSPS) is 23.5. The zero-order valence-electron chi connectivity index (χ0n) is 24.7. The van der Waals surface area contributed by atoms with Crippen LogP contribution in [-0.4, -0.2) is 30.6 Å². The summed E-state index contributed by atoms with van der Waals surface area (Å²) >= 11 is 0. The average Bonchev–Trinajstić information content (AvgIpc) is 3.36. The number of nitrogens with zero attached hydrogens (tertiary/aromatic N) is 3. The van der Waals surface area contributed by atoms with Crippen molar-refractivity contribution in [2.24, 2.45) is 5.92 Å². The third-order valence-electron chi connectivity index (χ3n) is 9.88. The van der Waals surface area contributed by atoms with Crippen LogP contribution in [0.4, 0.5) is 0 Å². The molecule has 5 aromatic rings. The highest BCUT2D eigenvalue weighted by atomic mass is 16.3. The van der Waals surface area contributed by atoms with E-state index in [-0.39, 0.29) is 30.3 Å². The summed E-state index contributed by atoms with van der Waals surface area (Å²) in [7, 11) is 0. The first-order valence-electron chi connectivity index (χ1n) is 15.3. The third-order valence-corrected chi connectivity index (χ3v) is 9.88. The quantitative estimate of drug-likeness (QED) is 0.291. The van der Waals surface area contributed by atoms with E-state index < -0.39 is 34.7 Å². The van der Waals surface area contributed by atoms with Crippen molar-refractivity contribution in [3.05, 3.63) is 171 Å². The van der Waals surface area contributed by atoms with Crippen LogP contribution in [-0.2, 0) is 21.5 Å². The molecule has 46 heavy (non-hydrogen) atoms. The number of ketones is 2. The SMILES string of the molecule is O=C1C(c2ccccc2)=CC(=O)C2(c3ccccc3)C1CC1C(=CCn3c(=O)n(-c4ccccc4)c(=O)n31)C2c1ccc(O)cc1. The number of para-hydroxylation sites is 1. The van der Waals surface area contributed by atoms with Gasteiger partial charge in [-0.3, -0.25) is 9.59 Å². The molecule has 226 valence electrons. The highest BCUT2D eigenvalue weighted by Crippen LogP contribution is 2.61. The monoisotopic (exact) mass is 607 g/mol. The summed E-state index contributed by atoms with van der Waals surface area (Å²) in [5.74, 6) is -1.84. The fourth-order valence-electron chi connectivity index (χ4n) is 7.98. The van der Waals surface area contributed by atoms with Crippen molar-refractivity contribution in [2.75, 3.05) is 0 Å². The maximum Gasteiger partial charge on any atom is 0.352 e. The van der Waals surface area contributed by atoms with Crippen molar-refractivity contribution in [1.82, 2.24) is 13.9 Å². The lowest BCUT2D eigenvalue weighted by atomic mass is 9.47. The van der Waals surface area contributed by atoms with Crippen molar-refractivity contribution >= 4 is 17.1 Å². The standard InChI is InChI=1S/C38H29N3O5/c42-28-18-16-25(17-19-28)34-29-20-21-39-36(45)40(27-14-8-3-9-15-27)37(46)41(39)32(29)23-31-35(44)30(24-10-4-1-5-11-24)22-33(43)38(31,34)26-12-6-2-7-13-26/h1-20,22,31-32,34,42H,21,23H2. The Balaban J connectivity index is 1.42. The highest BCUT2D eigenvalue weighted by molar-refractivity contribution is 6.31. The predicted molar refractivity (Wildman–Crippen MR) is 173 cm³/mol. The van der Waals surface area contributed by atoms with E-state index in [1.54, 1.807) is 48.5 Å². The van der Waals surface area contributed by atoms with E-state index in [1.807, 2.05) is 72.8 Å². The molecule has 1 aromatic heterocycles. The molecule has 8 rings (SSSR count). The van der Waals surface area contributed by atoms with Crippen LogP contribution in [0.25, 0.3) is 11.3 Å². The summed E-state index contributed by atoms with van der Waals surface area (Å²) < 4.78 is 4.07. The average molecular weight is 608 g/mol. The Morgan fingerprint density at radius 3 is 2.02 bits per heavy atom. The number of carbonyl (C=O) groups is 2. The van der Waals surface area contributed by atoms with E-state index in [0.29, 0.717) is 22.4 Å². The number of hydrogen-bond acceptors (Lipinski definition) is 5. The Bertz CT molecular complexity index is 2190. The number of Topliss-reactive ketones (excluding diaryl/α,β-unsaturated/α-hetero) is 1. The topological polar surface area (TPSA) is 103 Å². The molecule has 0 radical (unpaired) electrons. The molecule has 0 saturated heterocycles. The van der Waals surface area contributed by atoms with Gasteiger partial charge in [0.05, 0.1) is 23.7 Å². The fourth-order valence-corrected chi connectivity index (χ4v) is 7.98. The zero-order chi connectivity index (χ0) is 31.6. The van der Waals surface area contributed by atoms with Gasteiger partial charge in [0.1, 0.15) is 5.75 Å². The van der Waals surface area contributed by atoms with Crippen molar-refractivity contribution in [2.45, 2.75) is 30.3 Å². The molecule has 2 aliphatic carbocycles. The molecular formula is C38H29N3O5. The minimum absolute atomic E-state index is 0.0707. The van der Waals surface area contributed by atoms with E-state index in [4.69, 9.17) is 0 Å². The molecule has 1 aliphatic heterocycles. The van der Waals surface area contributed by atoms with Gasteiger partial charge in [0.25, 0.3) is 0 Å². The predicted octanol–water partition coefficient (Wildman–Crippen LogP) is 4.96. The van der Waals surface area contributed by atoms with E-state index in [9.17, 15) is 24.3 Å². The van der Waals surface area contributed by atoms with E-state index in [0.717, 1.165) is 15.7 Å². The number of aromatic nitrogens is 3. The molecule has 1 N–H and O–H groups in total. The molecule has 4 atom stereocenters. The van der Waals surface area contributed by atoms with Gasteiger partial charge in [0.2, 0.25) is 0 Å². The maximum absolute atomic E-state index is 14.9. The number of hydrogen-bond donors (Lipinski definition) is 1. The summed E-state index contributed by atoms with van der Waals surface area (Å²) in [5.41, 5.74) is 1.36. The fraction of sp³-hybridized carbons (Fsp3) is 0.158. The lowest BCUT2D eigenvalue weighted by Crippen LogP contribution is -2.58. The smallest absolute Gasteiger partial charge is 0.352 e. The minimum Gasteiger partial charge on any atom is -0.508 e. The van der Waals surface area contributed by atoms with Gasteiger partial charge >= 0.3 is 11.4 Å². The lowest BCUT2D eigenvalue weighted by Gasteiger charge is -2.54. The van der Waals surface area contributed by atoms with Crippen LogP contribution in [0.15, 0.2) is 143 Å². The number of allylic oxidation sites excluding steroid dienone is 4. The first-order chi connectivity index (χ1) is 22.4. The Kier molecular flexibility index (Phi) is 6.28. The van der Waals surface area contributed by atoms with Crippen molar-refractivity contribution in [1.29, 1.82) is 0 Å². The molecule has 8 nitrogen and oxygen atoms in total. The second-order valence-electron chi connectivity index (χ2n) is 12.1. The molecule has 1 saturated carbocycles. The first-order valence-corrected chi connectivity index (χ1v) is 15.3. The van der Waals surface area contributed by atoms with E-state index >= 15 is 0 Å². The number of phenolic OH excluding ortho intramolecular Hbond substituents is 1. The number of fused-ring (bicyclic) bond motifs is 4. The summed E-state index contributed by atoms with van der Waals surface area (Å²) in [6, 6.07) is 33.4. The number of aromatic hydroxyl groups is 1. The molecule has 0 bridgehead atoms. The summed E-state index contributed by atoms with van der Waals surface area (Å²) in [6.45, 7) is 0.122. The van der Waals surface area contributed by atoms with Crippen LogP contribution in [0, 0.1) is 5.92 Å². The van der Waals surface area contributed by atoms with Crippen molar-refractivity contribution in [3.63, 3.8) is 0 Å². The van der Waals surface area contributed by atoms with Crippen molar-refractivity contribution in [3.8, 4) is 11.4 Å². The van der Waals surface area contributed by atoms with Crippen LogP contribution in [0.5, 0.6) is 5.75 Å². The van der Waals surface area contributed by atoms with Gasteiger partial charge in [-0.05, 0) is 59.0 Å². The molecule has 0 spiro atoms. The van der Waals surface area contributed by atoms with E-state index in [2.05, 4.69) is 0 Å². The van der Waals surface area contributed by atoms with E-state index in [1.165, 1.54) is 15.4 Å². The molecular weight excluding hydrogens is 578 g/mol. The molecule has 3 aliphatic rings. The second-order valence-corrected chi connectivity index (χ2v) is 12.1. The molecule has 8 heteroatoms. The highest BCUT2D eigenvalue weighted by Gasteiger charge is 2.63. The summed E-state index contributed by atoms with van der Waals surface area (Å²) in [4.78, 5) is 57.7. The van der Waals surface area contributed by atoms with Crippen LogP contribution in [0.2, 0.25) is 0 Å². The van der Waals surface area contributed by atoms with Gasteiger partial charge in [0.15, 0.2) is 11.6 Å². The van der Waals surface area contributed by atoms with Crippen LogP contribution in [0.1, 0.15) is 35.1 Å². The Morgan fingerprint density at radius 2 is 1.35 bits per heavy atom. The Morgan fingerprint density at radius 1 is 0.717 bits per heavy atom. The maximum atomic E-state index is 14.9. The van der Waals surface area contributed by atoms with Crippen LogP contribution >= 0.6 is 0 Å². The second kappa shape index (κ2) is 10.4. The van der Waals surface area contributed by atoms with Gasteiger partial charge in [-0.1, -0.05) is 97.1 Å². The van der Waals surface area contributed by atoms with Gasteiger partial charge < -0.3 is 5.11 Å². The van der Waals surface area contributed by atoms with Gasteiger partial charge in [-0.25, -0.2) is 23.5 Å². The number of phenols is 1. The molecule has 2 heterocycles. The molecule has 4 unspecified atom stereocenters. The molecule has 4 aromatic carbocycles. The van der Waals surface area contributed by atoms with Gasteiger partial charge in [0, 0.05) is 17.4 Å². The summed E-state index contributed by atoms with van der Waals surface area (Å²) in [6.07, 6.45) is 3.57. The zero-order valence-corrected chi connectivity index (χ0v) is 24.7. The van der Waals surface area contributed by atoms with Crippen molar-refractivity contribution < 1.29 is 14.7 Å². The van der Waals surface area contributed by atoms with Gasteiger partial charge in [-0.15, -0.1) is 0 Å². The molecule has 1 fully saturated rings. The summed E-state index contributed by atoms with van der Waals surface area (Å²) in [5, 5.41) is 10.2. The lowest BCUT2D eigenvalue weighted by molar-refractivity contribution is -0.133. The van der Waals surface area contributed by atoms with Crippen LogP contribution in [0.3, 0.4) is 0 Å². The van der Waals surface area contributed by atoms with Crippen LogP contribution < -0.4 is 11.4 Å². The molecule has 0 amide bonds. The number of benzene rings is 4. The third kappa shape index (κ3) is 3.86. The van der Waals surface area contributed by atoms with Gasteiger partial charge in [-0.2, -0.15) is 0 Å². The minimum atomic E-state index is -1.33. The Labute approximate surface area is 263 Å².